The molecule has 0 aromatic heterocycles. The summed E-state index contributed by atoms with van der Waals surface area (Å²) in [5, 5.41) is 52.1. The standard InChI is InChI=1S/C34H32N2O7S/c1-3-20-11-12-22(30(37)15-20)16-23-7-5-8-24(33(23)39)17-25-18-29(21(4-2)19-31(25)38)36-35-28-14-13-26-27(34(28)40)9-6-10-32(26)44(41,42)43/h5-15,18-19,37-40H,3-4,16-17H2,1-2H3,(H,41,42,43). The van der Waals surface area contributed by atoms with E-state index in [1.54, 1.807) is 30.3 Å². The lowest BCUT2D eigenvalue weighted by molar-refractivity contribution is 0.456. The van der Waals surface area contributed by atoms with Gasteiger partial charge in [-0.05, 0) is 71.0 Å². The summed E-state index contributed by atoms with van der Waals surface area (Å²) < 4.78 is 33.1. The molecule has 0 bridgehead atoms. The van der Waals surface area contributed by atoms with Crippen LogP contribution >= 0.6 is 0 Å². The number of nitrogens with zero attached hydrogens (tertiary/aromatic N) is 2. The number of rotatable bonds is 9. The average molecular weight is 613 g/mol. The van der Waals surface area contributed by atoms with E-state index in [1.807, 2.05) is 32.0 Å². The van der Waals surface area contributed by atoms with E-state index in [0.717, 1.165) is 12.0 Å². The fourth-order valence-corrected chi connectivity index (χ4v) is 5.92. The smallest absolute Gasteiger partial charge is 0.295 e. The quantitative estimate of drug-likeness (QED) is 0.0845. The van der Waals surface area contributed by atoms with Gasteiger partial charge in [-0.2, -0.15) is 13.5 Å². The summed E-state index contributed by atoms with van der Waals surface area (Å²) in [5.41, 5.74) is 4.66. The van der Waals surface area contributed by atoms with Gasteiger partial charge in [-0.1, -0.05) is 62.4 Å². The largest absolute Gasteiger partial charge is 0.508 e. The third-order valence-electron chi connectivity index (χ3n) is 7.70. The van der Waals surface area contributed by atoms with Crippen molar-refractivity contribution in [1.82, 2.24) is 0 Å². The minimum atomic E-state index is -4.50. The zero-order chi connectivity index (χ0) is 31.6. The second kappa shape index (κ2) is 12.4. The van der Waals surface area contributed by atoms with Crippen molar-refractivity contribution in [2.75, 3.05) is 0 Å². The molecule has 0 atom stereocenters. The van der Waals surface area contributed by atoms with Crippen LogP contribution in [0.25, 0.3) is 10.8 Å². The van der Waals surface area contributed by atoms with Crippen LogP contribution in [0.1, 0.15) is 47.2 Å². The van der Waals surface area contributed by atoms with Crippen LogP contribution < -0.4 is 0 Å². The first-order chi connectivity index (χ1) is 21.0. The maximum Gasteiger partial charge on any atom is 0.295 e. The van der Waals surface area contributed by atoms with Gasteiger partial charge in [-0.25, -0.2) is 0 Å². The van der Waals surface area contributed by atoms with E-state index in [1.165, 1.54) is 30.3 Å². The Hall–Kier alpha value is -4.93. The van der Waals surface area contributed by atoms with Crippen molar-refractivity contribution in [3.63, 3.8) is 0 Å². The third kappa shape index (κ3) is 6.22. The van der Waals surface area contributed by atoms with E-state index >= 15 is 0 Å². The fourth-order valence-electron chi connectivity index (χ4n) is 5.22. The molecule has 10 heteroatoms. The molecule has 0 amide bonds. The molecule has 0 saturated heterocycles. The normalized spacial score (nSPS) is 11.9. The molecule has 5 aromatic carbocycles. The van der Waals surface area contributed by atoms with Gasteiger partial charge in [0.25, 0.3) is 10.1 Å². The lowest BCUT2D eigenvalue weighted by Crippen LogP contribution is -1.98. The van der Waals surface area contributed by atoms with Gasteiger partial charge in [-0.15, -0.1) is 5.11 Å². The van der Waals surface area contributed by atoms with Gasteiger partial charge in [0.1, 0.15) is 27.8 Å². The maximum absolute atomic E-state index is 11.8. The Balaban J connectivity index is 1.46. The molecular weight excluding hydrogens is 580 g/mol. The van der Waals surface area contributed by atoms with Gasteiger partial charge in [0.15, 0.2) is 5.75 Å². The molecule has 0 spiro atoms. The van der Waals surface area contributed by atoms with Crippen LogP contribution in [-0.2, 0) is 35.8 Å². The van der Waals surface area contributed by atoms with Crippen LogP contribution in [0.3, 0.4) is 0 Å². The second-order valence-corrected chi connectivity index (χ2v) is 11.9. The molecular formula is C34H32N2O7S. The van der Waals surface area contributed by atoms with Crippen molar-refractivity contribution in [3.8, 4) is 23.0 Å². The molecule has 9 nitrogen and oxygen atoms in total. The summed E-state index contributed by atoms with van der Waals surface area (Å²) in [7, 11) is -4.50. The second-order valence-electron chi connectivity index (χ2n) is 10.5. The molecule has 0 radical (unpaired) electrons. The summed E-state index contributed by atoms with van der Waals surface area (Å²) in [6.07, 6.45) is 1.86. The molecule has 226 valence electrons. The molecule has 0 aliphatic heterocycles. The van der Waals surface area contributed by atoms with Gasteiger partial charge >= 0.3 is 0 Å². The number of aromatic hydroxyl groups is 4. The minimum absolute atomic E-state index is 0.0321. The van der Waals surface area contributed by atoms with Crippen LogP contribution in [0.2, 0.25) is 0 Å². The first-order valence-corrected chi connectivity index (χ1v) is 15.5. The van der Waals surface area contributed by atoms with Gasteiger partial charge < -0.3 is 20.4 Å². The van der Waals surface area contributed by atoms with Crippen LogP contribution in [0.4, 0.5) is 11.4 Å². The molecule has 5 N–H and O–H groups in total. The Morgan fingerprint density at radius 2 is 1.25 bits per heavy atom. The van der Waals surface area contributed by atoms with E-state index < -0.39 is 10.1 Å². The number of phenols is 4. The molecule has 5 rings (SSSR count). The highest BCUT2D eigenvalue weighted by Crippen LogP contribution is 2.39. The maximum atomic E-state index is 11.8. The molecule has 0 fully saturated rings. The number of azo groups is 1. The van der Waals surface area contributed by atoms with Crippen molar-refractivity contribution in [2.45, 2.75) is 44.4 Å². The molecule has 0 aliphatic carbocycles. The zero-order valence-electron chi connectivity index (χ0n) is 24.2. The summed E-state index contributed by atoms with van der Waals surface area (Å²) in [4.78, 5) is -0.330. The van der Waals surface area contributed by atoms with Crippen LogP contribution in [0.5, 0.6) is 23.0 Å². The van der Waals surface area contributed by atoms with Crippen molar-refractivity contribution in [3.05, 3.63) is 112 Å². The van der Waals surface area contributed by atoms with Crippen LogP contribution in [0.15, 0.2) is 94.0 Å². The fraction of sp³-hybridized carbons (Fsp3) is 0.176. The topological polar surface area (TPSA) is 160 Å². The van der Waals surface area contributed by atoms with Crippen molar-refractivity contribution < 1.29 is 33.4 Å². The first kappa shape index (κ1) is 30.5. The number of aryl methyl sites for hydroxylation is 2. The van der Waals surface area contributed by atoms with Gasteiger partial charge in [0.05, 0.1) is 5.69 Å². The van der Waals surface area contributed by atoms with E-state index in [4.69, 9.17) is 0 Å². The van der Waals surface area contributed by atoms with E-state index in [2.05, 4.69) is 10.2 Å². The Morgan fingerprint density at radius 3 is 1.91 bits per heavy atom. The lowest BCUT2D eigenvalue weighted by Gasteiger charge is -2.14. The predicted molar refractivity (Wildman–Crippen MR) is 168 cm³/mol. The van der Waals surface area contributed by atoms with E-state index in [0.29, 0.717) is 46.3 Å². The lowest BCUT2D eigenvalue weighted by atomic mass is 9.95. The number of hydrogen-bond donors (Lipinski definition) is 5. The van der Waals surface area contributed by atoms with E-state index in [-0.39, 0.29) is 50.8 Å². The summed E-state index contributed by atoms with van der Waals surface area (Å²) >= 11 is 0. The summed E-state index contributed by atoms with van der Waals surface area (Å²) in [5.74, 6) is -0.0251. The van der Waals surface area contributed by atoms with E-state index in [9.17, 15) is 33.4 Å². The van der Waals surface area contributed by atoms with Crippen molar-refractivity contribution in [1.29, 1.82) is 0 Å². The highest BCUT2D eigenvalue weighted by Gasteiger charge is 2.18. The van der Waals surface area contributed by atoms with Gasteiger partial charge in [0.2, 0.25) is 0 Å². The zero-order valence-corrected chi connectivity index (χ0v) is 25.0. The Kier molecular flexibility index (Phi) is 8.57. The molecule has 0 unspecified atom stereocenters. The van der Waals surface area contributed by atoms with Crippen molar-refractivity contribution >= 4 is 32.3 Å². The Labute approximate surface area is 255 Å². The molecule has 0 saturated carbocycles. The van der Waals surface area contributed by atoms with Crippen LogP contribution in [0, 0.1) is 0 Å². The highest BCUT2D eigenvalue weighted by molar-refractivity contribution is 7.86. The molecule has 0 aliphatic rings. The molecule has 5 aromatic rings. The Morgan fingerprint density at radius 1 is 0.591 bits per heavy atom. The number of para-hydroxylation sites is 1. The number of phenolic OH excluding ortho intramolecular Hbond substituents is 4. The summed E-state index contributed by atoms with van der Waals surface area (Å²) in [6, 6.07) is 21.2. The highest BCUT2D eigenvalue weighted by atomic mass is 32.2. The number of benzene rings is 5. The number of hydrogen-bond acceptors (Lipinski definition) is 8. The SMILES string of the molecule is CCc1ccc(Cc2cccc(Cc3cc(N=Nc4ccc5c(S(=O)(=O)O)cccc5c4O)c(CC)cc3O)c2O)c(O)c1. The first-order valence-electron chi connectivity index (χ1n) is 14.1. The minimum Gasteiger partial charge on any atom is -0.508 e. The summed E-state index contributed by atoms with van der Waals surface area (Å²) in [6.45, 7) is 3.91. The van der Waals surface area contributed by atoms with Crippen LogP contribution in [-0.4, -0.2) is 33.4 Å². The molecule has 44 heavy (non-hydrogen) atoms. The average Bonchev–Trinajstić information content (AvgIpc) is 3.00. The molecule has 0 heterocycles. The van der Waals surface area contributed by atoms with Gasteiger partial charge in [-0.3, -0.25) is 4.55 Å². The monoisotopic (exact) mass is 612 g/mol. The predicted octanol–water partition coefficient (Wildman–Crippen LogP) is 7.63. The number of fused-ring (bicyclic) bond motifs is 1. The Bertz CT molecular complexity index is 2020. The third-order valence-corrected chi connectivity index (χ3v) is 8.61. The van der Waals surface area contributed by atoms with Gasteiger partial charge in [0, 0.05) is 29.2 Å². The van der Waals surface area contributed by atoms with Crippen molar-refractivity contribution in [2.24, 2.45) is 10.2 Å².